The Balaban J connectivity index is 1.40. The summed E-state index contributed by atoms with van der Waals surface area (Å²) in [6.45, 7) is -0.277. The van der Waals surface area contributed by atoms with E-state index in [-0.39, 0.29) is 37.0 Å². The fourth-order valence-electron chi connectivity index (χ4n) is 4.15. The zero-order valence-corrected chi connectivity index (χ0v) is 20.0. The fourth-order valence-corrected chi connectivity index (χ4v) is 4.15. The number of amides is 2. The Kier molecular flexibility index (Phi) is 6.38. The van der Waals surface area contributed by atoms with Gasteiger partial charge in [-0.2, -0.15) is 5.10 Å². The predicted octanol–water partition coefficient (Wildman–Crippen LogP) is 3.83. The topological polar surface area (TPSA) is 111 Å². The van der Waals surface area contributed by atoms with Crippen molar-refractivity contribution in [1.82, 2.24) is 14.7 Å². The van der Waals surface area contributed by atoms with Crippen molar-refractivity contribution in [2.45, 2.75) is 6.54 Å². The summed E-state index contributed by atoms with van der Waals surface area (Å²) in [4.78, 5) is 39.3. The molecule has 0 unspecified atom stereocenters. The third-order valence-electron chi connectivity index (χ3n) is 6.08. The second kappa shape index (κ2) is 9.94. The fraction of sp³-hybridized carbons (Fsp3) is 0.148. The second-order valence-electron chi connectivity index (χ2n) is 8.58. The lowest BCUT2D eigenvalue weighted by molar-refractivity contribution is -0.384. The lowest BCUT2D eigenvalue weighted by Crippen LogP contribution is -2.45. The summed E-state index contributed by atoms with van der Waals surface area (Å²) in [7, 11) is 1.65. The molecule has 1 aliphatic rings. The van der Waals surface area contributed by atoms with E-state index in [0.717, 1.165) is 22.5 Å². The Morgan fingerprint density at radius 2 is 1.78 bits per heavy atom. The molecule has 0 radical (unpaired) electrons. The minimum Gasteiger partial charge on any atom is -0.482 e. The summed E-state index contributed by atoms with van der Waals surface area (Å²) in [5.74, 6) is -0.466. The molecule has 0 atom stereocenters. The van der Waals surface area contributed by atoms with Gasteiger partial charge in [0.1, 0.15) is 12.3 Å². The molecule has 0 saturated carbocycles. The molecule has 3 aromatic carbocycles. The first-order valence-electron chi connectivity index (χ1n) is 11.6. The van der Waals surface area contributed by atoms with Crippen LogP contribution in [0.15, 0.2) is 85.1 Å². The molecule has 10 nitrogen and oxygen atoms in total. The molecular weight excluding hydrogens is 474 g/mol. The minimum atomic E-state index is -0.555. The van der Waals surface area contributed by atoms with Crippen molar-refractivity contribution in [2.75, 3.05) is 25.1 Å². The molecule has 37 heavy (non-hydrogen) atoms. The normalized spacial score (nSPS) is 12.6. The minimum absolute atomic E-state index is 0.191. The van der Waals surface area contributed by atoms with Gasteiger partial charge in [-0.15, -0.1) is 0 Å². The third-order valence-corrected chi connectivity index (χ3v) is 6.08. The maximum absolute atomic E-state index is 13.2. The van der Waals surface area contributed by atoms with Crippen molar-refractivity contribution in [3.05, 3.63) is 101 Å². The number of fused-ring (bicyclic) bond motifs is 1. The first kappa shape index (κ1) is 23.7. The van der Waals surface area contributed by atoms with Crippen molar-refractivity contribution in [1.29, 1.82) is 0 Å². The number of carbonyl (C=O) groups excluding carboxylic acids is 2. The Morgan fingerprint density at radius 1 is 1.08 bits per heavy atom. The van der Waals surface area contributed by atoms with Crippen LogP contribution in [0, 0.1) is 10.1 Å². The van der Waals surface area contributed by atoms with Gasteiger partial charge in [-0.25, -0.2) is 4.68 Å². The van der Waals surface area contributed by atoms with Crippen LogP contribution in [0.25, 0.3) is 16.9 Å². The molecule has 2 amide bonds. The van der Waals surface area contributed by atoms with Crippen molar-refractivity contribution < 1.29 is 19.2 Å². The standard InChI is InChI=1S/C27H23N5O5/c1-29(25(33)17-30-23-14-22(32(35)36)12-13-24(23)37-18-26(30)34)15-20-16-31(21-10-6-3-7-11-21)28-27(20)19-8-4-2-5-9-19/h2-14,16H,15,17-18H2,1H3. The zero-order chi connectivity index (χ0) is 25.9. The Labute approximate surface area is 212 Å². The number of hydrogen-bond donors (Lipinski definition) is 0. The van der Waals surface area contributed by atoms with Gasteiger partial charge in [-0.05, 0) is 18.2 Å². The van der Waals surface area contributed by atoms with Crippen LogP contribution in [0.2, 0.25) is 0 Å². The Hall–Kier alpha value is -4.99. The molecule has 10 heteroatoms. The summed E-state index contributed by atoms with van der Waals surface area (Å²) in [5, 5.41) is 16.0. The van der Waals surface area contributed by atoms with Crippen molar-refractivity contribution in [2.24, 2.45) is 0 Å². The molecule has 0 aliphatic carbocycles. The van der Waals surface area contributed by atoms with Crippen LogP contribution < -0.4 is 9.64 Å². The summed E-state index contributed by atoms with van der Waals surface area (Å²) < 4.78 is 7.17. The molecule has 5 rings (SSSR count). The van der Waals surface area contributed by atoms with E-state index in [9.17, 15) is 19.7 Å². The zero-order valence-electron chi connectivity index (χ0n) is 20.0. The van der Waals surface area contributed by atoms with Gasteiger partial charge in [0, 0.05) is 43.0 Å². The van der Waals surface area contributed by atoms with Gasteiger partial charge in [0.05, 0.1) is 22.0 Å². The number of non-ortho nitro benzene ring substituents is 1. The summed E-state index contributed by atoms with van der Waals surface area (Å²) in [5.41, 5.74) is 3.38. The number of carbonyl (C=O) groups is 2. The average Bonchev–Trinajstić information content (AvgIpc) is 3.34. The Morgan fingerprint density at radius 3 is 2.49 bits per heavy atom. The first-order chi connectivity index (χ1) is 17.9. The van der Waals surface area contributed by atoms with Crippen molar-refractivity contribution >= 4 is 23.2 Å². The number of hydrogen-bond acceptors (Lipinski definition) is 6. The van der Waals surface area contributed by atoms with Gasteiger partial charge in [0.25, 0.3) is 11.6 Å². The van der Waals surface area contributed by atoms with E-state index in [4.69, 9.17) is 9.84 Å². The summed E-state index contributed by atoms with van der Waals surface area (Å²) in [6.07, 6.45) is 1.89. The molecule has 2 heterocycles. The quantitative estimate of drug-likeness (QED) is 0.283. The highest BCUT2D eigenvalue weighted by atomic mass is 16.6. The number of benzene rings is 3. The number of para-hydroxylation sites is 1. The van der Waals surface area contributed by atoms with Gasteiger partial charge in [0.15, 0.2) is 6.61 Å². The predicted molar refractivity (Wildman–Crippen MR) is 136 cm³/mol. The van der Waals surface area contributed by atoms with E-state index < -0.39 is 10.8 Å². The molecule has 0 saturated heterocycles. The molecular formula is C27H23N5O5. The molecule has 1 aromatic heterocycles. The second-order valence-corrected chi connectivity index (χ2v) is 8.58. The van der Waals surface area contributed by atoms with E-state index in [1.807, 2.05) is 66.9 Å². The number of rotatable bonds is 7. The molecule has 4 aromatic rings. The smallest absolute Gasteiger partial charge is 0.271 e. The number of aromatic nitrogens is 2. The van der Waals surface area contributed by atoms with Gasteiger partial charge in [0.2, 0.25) is 5.91 Å². The number of nitro benzene ring substituents is 1. The molecule has 0 spiro atoms. The van der Waals surface area contributed by atoms with Gasteiger partial charge >= 0.3 is 0 Å². The van der Waals surface area contributed by atoms with E-state index in [1.165, 1.54) is 28.0 Å². The lowest BCUT2D eigenvalue weighted by atomic mass is 10.1. The molecule has 0 fully saturated rings. The summed E-state index contributed by atoms with van der Waals surface area (Å²) >= 11 is 0. The molecule has 0 bridgehead atoms. The number of nitro groups is 1. The Bertz CT molecular complexity index is 1470. The van der Waals surface area contributed by atoms with Crippen LogP contribution in [0.3, 0.4) is 0 Å². The van der Waals surface area contributed by atoms with Crippen LogP contribution in [0.4, 0.5) is 11.4 Å². The van der Waals surface area contributed by atoms with Crippen LogP contribution in [-0.4, -0.2) is 51.6 Å². The summed E-state index contributed by atoms with van der Waals surface area (Å²) in [6, 6.07) is 23.4. The van der Waals surface area contributed by atoms with Gasteiger partial charge in [-0.3, -0.25) is 24.6 Å². The van der Waals surface area contributed by atoms with Crippen molar-refractivity contribution in [3.8, 4) is 22.7 Å². The van der Waals surface area contributed by atoms with Gasteiger partial charge in [-0.1, -0.05) is 48.5 Å². The largest absolute Gasteiger partial charge is 0.482 e. The van der Waals surface area contributed by atoms with E-state index in [1.54, 1.807) is 11.7 Å². The first-order valence-corrected chi connectivity index (χ1v) is 11.6. The highest BCUT2D eigenvalue weighted by molar-refractivity contribution is 6.02. The molecule has 1 aliphatic heterocycles. The van der Waals surface area contributed by atoms with E-state index >= 15 is 0 Å². The number of anilines is 1. The number of nitrogens with zero attached hydrogens (tertiary/aromatic N) is 5. The highest BCUT2D eigenvalue weighted by Gasteiger charge is 2.30. The van der Waals surface area contributed by atoms with Crippen LogP contribution in [-0.2, 0) is 16.1 Å². The highest BCUT2D eigenvalue weighted by Crippen LogP contribution is 2.35. The SMILES string of the molecule is CN(Cc1cn(-c2ccccc2)nc1-c1ccccc1)C(=O)CN1C(=O)COc2ccc([N+](=O)[O-])cc21. The van der Waals surface area contributed by atoms with Gasteiger partial charge < -0.3 is 9.64 Å². The van der Waals surface area contributed by atoms with Crippen molar-refractivity contribution in [3.63, 3.8) is 0 Å². The van der Waals surface area contributed by atoms with E-state index in [0.29, 0.717) is 5.75 Å². The third kappa shape index (κ3) is 4.90. The maximum atomic E-state index is 13.2. The van der Waals surface area contributed by atoms with Crippen LogP contribution in [0.5, 0.6) is 5.75 Å². The lowest BCUT2D eigenvalue weighted by Gasteiger charge is -2.30. The van der Waals surface area contributed by atoms with Crippen LogP contribution in [0.1, 0.15) is 5.56 Å². The average molecular weight is 498 g/mol. The maximum Gasteiger partial charge on any atom is 0.271 e. The number of likely N-dealkylation sites (N-methyl/N-ethyl adjacent to an activating group) is 1. The molecule has 186 valence electrons. The van der Waals surface area contributed by atoms with E-state index in [2.05, 4.69) is 0 Å². The van der Waals surface area contributed by atoms with Crippen LogP contribution >= 0.6 is 0 Å². The monoisotopic (exact) mass is 497 g/mol. The molecule has 0 N–H and O–H groups in total. The number of ether oxygens (including phenoxy) is 1.